The van der Waals surface area contributed by atoms with Crippen LogP contribution in [0.25, 0.3) is 11.5 Å². The van der Waals surface area contributed by atoms with Crippen molar-refractivity contribution in [3.63, 3.8) is 0 Å². The van der Waals surface area contributed by atoms with E-state index in [0.717, 1.165) is 11.8 Å². The molecule has 1 aliphatic rings. The normalized spacial score (nSPS) is 14.1. The quantitative estimate of drug-likeness (QED) is 0.398. The smallest absolute Gasteiger partial charge is 0.268 e. The molecule has 3 N–H and O–H groups in total. The van der Waals surface area contributed by atoms with E-state index in [2.05, 4.69) is 30.9 Å². The van der Waals surface area contributed by atoms with Crippen molar-refractivity contribution in [3.8, 4) is 17.2 Å². The van der Waals surface area contributed by atoms with Gasteiger partial charge in [-0.2, -0.15) is 4.98 Å². The molecular formula is C23H19FN6O3. The molecule has 0 fully saturated rings. The molecule has 1 aliphatic heterocycles. The Morgan fingerprint density at radius 2 is 1.91 bits per heavy atom. The minimum absolute atomic E-state index is 0.0281. The summed E-state index contributed by atoms with van der Waals surface area (Å²) in [7, 11) is 0. The average Bonchev–Trinajstić information content (AvgIpc) is 3.32. The summed E-state index contributed by atoms with van der Waals surface area (Å²) in [6.45, 7) is 3.37. The highest BCUT2D eigenvalue weighted by Gasteiger charge is 2.35. The number of aromatic nitrogens is 3. The molecule has 3 heterocycles. The van der Waals surface area contributed by atoms with Gasteiger partial charge in [-0.05, 0) is 50.2 Å². The third-order valence-electron chi connectivity index (χ3n) is 4.94. The topological polar surface area (TPSA) is 114 Å². The predicted octanol–water partition coefficient (Wildman–Crippen LogP) is 4.87. The van der Waals surface area contributed by atoms with E-state index in [1.165, 1.54) is 6.26 Å². The number of ether oxygens (including phenoxy) is 1. The van der Waals surface area contributed by atoms with Gasteiger partial charge in [0.05, 0.1) is 18.1 Å². The molecule has 2 aromatic carbocycles. The number of oxazole rings is 1. The van der Waals surface area contributed by atoms with Crippen LogP contribution in [-0.2, 0) is 4.79 Å². The van der Waals surface area contributed by atoms with Crippen molar-refractivity contribution in [1.82, 2.24) is 15.0 Å². The fourth-order valence-electron chi connectivity index (χ4n) is 3.27. The molecule has 0 radical (unpaired) electrons. The van der Waals surface area contributed by atoms with E-state index in [1.54, 1.807) is 38.2 Å². The molecule has 0 aliphatic carbocycles. The van der Waals surface area contributed by atoms with Crippen LogP contribution in [0.1, 0.15) is 13.8 Å². The fourth-order valence-corrected chi connectivity index (χ4v) is 3.27. The van der Waals surface area contributed by atoms with E-state index >= 15 is 0 Å². The number of fused-ring (bicyclic) bond motifs is 1. The van der Waals surface area contributed by atoms with Crippen molar-refractivity contribution in [1.29, 1.82) is 0 Å². The number of anilines is 5. The van der Waals surface area contributed by atoms with Crippen molar-refractivity contribution < 1.29 is 18.3 Å². The van der Waals surface area contributed by atoms with Crippen LogP contribution >= 0.6 is 0 Å². The fraction of sp³-hybridized carbons (Fsp3) is 0.130. The second-order valence-corrected chi connectivity index (χ2v) is 7.84. The van der Waals surface area contributed by atoms with Gasteiger partial charge in [0.1, 0.15) is 12.0 Å². The second-order valence-electron chi connectivity index (χ2n) is 7.84. The van der Waals surface area contributed by atoms with Crippen LogP contribution in [0, 0.1) is 5.82 Å². The van der Waals surface area contributed by atoms with Crippen molar-refractivity contribution in [2.75, 3.05) is 16.0 Å². The van der Waals surface area contributed by atoms with Crippen LogP contribution < -0.4 is 20.7 Å². The Morgan fingerprint density at radius 1 is 1.06 bits per heavy atom. The highest BCUT2D eigenvalue weighted by atomic mass is 19.1. The van der Waals surface area contributed by atoms with Crippen molar-refractivity contribution in [3.05, 3.63) is 66.9 Å². The maximum Gasteiger partial charge on any atom is 0.268 e. The minimum atomic E-state index is -0.967. The van der Waals surface area contributed by atoms with Crippen LogP contribution in [0.4, 0.5) is 33.2 Å². The molecule has 5 rings (SSSR count). The molecule has 0 bridgehead atoms. The molecule has 0 spiro atoms. The highest BCUT2D eigenvalue weighted by Crippen LogP contribution is 2.36. The van der Waals surface area contributed by atoms with Gasteiger partial charge in [-0.1, -0.05) is 6.07 Å². The van der Waals surface area contributed by atoms with E-state index in [9.17, 15) is 9.18 Å². The molecule has 0 saturated carbocycles. The third kappa shape index (κ3) is 4.18. The number of halogens is 1. The molecule has 0 atom stereocenters. The van der Waals surface area contributed by atoms with Crippen molar-refractivity contribution >= 4 is 34.7 Å². The lowest BCUT2D eigenvalue weighted by Crippen LogP contribution is -2.45. The number of nitrogens with one attached hydrogen (secondary N) is 3. The van der Waals surface area contributed by atoms with E-state index in [-0.39, 0.29) is 17.7 Å². The molecular weight excluding hydrogens is 427 g/mol. The van der Waals surface area contributed by atoms with E-state index in [4.69, 9.17) is 9.15 Å². The third-order valence-corrected chi connectivity index (χ3v) is 4.94. The zero-order chi connectivity index (χ0) is 23.0. The van der Waals surface area contributed by atoms with Crippen LogP contribution in [0.5, 0.6) is 5.75 Å². The molecule has 0 unspecified atom stereocenters. The standard InChI is InChI=1S/C23H19FN6O3/c1-23(2)21(31)29-17-11-15(6-7-18(17)33-23)27-19-16(24)12-26-22(30-19)28-14-5-3-4-13(10-14)20-25-8-9-32-20/h3-12H,1-2H3,(H,29,31)(H2,26,27,28,30). The number of amides is 1. The molecule has 0 saturated heterocycles. The number of hydrogen-bond donors (Lipinski definition) is 3. The Morgan fingerprint density at radius 3 is 2.73 bits per heavy atom. The number of hydrogen-bond acceptors (Lipinski definition) is 8. The van der Waals surface area contributed by atoms with Gasteiger partial charge in [0.25, 0.3) is 5.91 Å². The Bertz CT molecular complexity index is 1340. The van der Waals surface area contributed by atoms with Crippen LogP contribution in [0.3, 0.4) is 0 Å². The van der Waals surface area contributed by atoms with Crippen LogP contribution in [0.2, 0.25) is 0 Å². The lowest BCUT2D eigenvalue weighted by Gasteiger charge is -2.31. The summed E-state index contributed by atoms with van der Waals surface area (Å²) in [5.41, 5.74) is 1.49. The summed E-state index contributed by atoms with van der Waals surface area (Å²) in [6.07, 6.45) is 4.13. The van der Waals surface area contributed by atoms with Gasteiger partial charge in [-0.3, -0.25) is 4.79 Å². The van der Waals surface area contributed by atoms with E-state index in [0.29, 0.717) is 28.7 Å². The van der Waals surface area contributed by atoms with Gasteiger partial charge in [-0.15, -0.1) is 0 Å². The second kappa shape index (κ2) is 7.90. The van der Waals surface area contributed by atoms with Gasteiger partial charge in [-0.25, -0.2) is 14.4 Å². The van der Waals surface area contributed by atoms with Crippen molar-refractivity contribution in [2.24, 2.45) is 0 Å². The van der Waals surface area contributed by atoms with Gasteiger partial charge < -0.3 is 25.1 Å². The first kappa shape index (κ1) is 20.4. The first-order chi connectivity index (χ1) is 15.9. The Hall–Kier alpha value is -4.47. The summed E-state index contributed by atoms with van der Waals surface area (Å²) in [6, 6.07) is 12.4. The summed E-state index contributed by atoms with van der Waals surface area (Å²) >= 11 is 0. The largest absolute Gasteiger partial charge is 0.476 e. The van der Waals surface area contributed by atoms with Crippen LogP contribution in [0.15, 0.2) is 65.5 Å². The number of nitrogens with zero attached hydrogens (tertiary/aromatic N) is 3. The molecule has 4 aromatic rings. The van der Waals surface area contributed by atoms with Crippen LogP contribution in [-0.4, -0.2) is 26.5 Å². The molecule has 10 heteroatoms. The zero-order valence-corrected chi connectivity index (χ0v) is 17.7. The Balaban J connectivity index is 1.36. The van der Waals surface area contributed by atoms with Crippen molar-refractivity contribution in [2.45, 2.75) is 19.4 Å². The minimum Gasteiger partial charge on any atom is -0.476 e. The Labute approximate surface area is 188 Å². The molecule has 33 heavy (non-hydrogen) atoms. The summed E-state index contributed by atoms with van der Waals surface area (Å²) in [5.74, 6) is 0.279. The SMILES string of the molecule is CC1(C)Oc2ccc(Nc3nc(Nc4cccc(-c5ncco5)c4)ncc3F)cc2NC1=O. The summed E-state index contributed by atoms with van der Waals surface area (Å²) in [4.78, 5) is 24.5. The molecule has 166 valence electrons. The van der Waals surface area contributed by atoms with Gasteiger partial charge in [0.15, 0.2) is 17.2 Å². The number of benzene rings is 2. The first-order valence-electron chi connectivity index (χ1n) is 10.1. The molecule has 9 nitrogen and oxygen atoms in total. The number of rotatable bonds is 5. The maximum atomic E-state index is 14.4. The van der Waals surface area contributed by atoms with E-state index < -0.39 is 11.4 Å². The zero-order valence-electron chi connectivity index (χ0n) is 17.7. The van der Waals surface area contributed by atoms with Gasteiger partial charge >= 0.3 is 0 Å². The maximum absolute atomic E-state index is 14.4. The average molecular weight is 446 g/mol. The number of carbonyl (C=O) groups excluding carboxylic acids is 1. The lowest BCUT2D eigenvalue weighted by atomic mass is 10.1. The first-order valence-corrected chi connectivity index (χ1v) is 10.1. The number of carbonyl (C=O) groups is 1. The lowest BCUT2D eigenvalue weighted by molar-refractivity contribution is -0.129. The molecule has 2 aromatic heterocycles. The van der Waals surface area contributed by atoms with Gasteiger partial charge in [0.2, 0.25) is 11.8 Å². The highest BCUT2D eigenvalue weighted by molar-refractivity contribution is 6.00. The predicted molar refractivity (Wildman–Crippen MR) is 120 cm³/mol. The Kier molecular flexibility index (Phi) is 4.89. The summed E-state index contributed by atoms with van der Waals surface area (Å²) < 4.78 is 25.5. The van der Waals surface area contributed by atoms with Gasteiger partial charge in [0, 0.05) is 16.9 Å². The molecule has 1 amide bonds. The monoisotopic (exact) mass is 446 g/mol. The van der Waals surface area contributed by atoms with E-state index in [1.807, 2.05) is 24.3 Å². The summed E-state index contributed by atoms with van der Waals surface area (Å²) in [5, 5.41) is 8.77.